The Bertz CT molecular complexity index is 1040. The summed E-state index contributed by atoms with van der Waals surface area (Å²) >= 11 is 0. The summed E-state index contributed by atoms with van der Waals surface area (Å²) in [5, 5.41) is 2.94. The van der Waals surface area contributed by atoms with Crippen molar-refractivity contribution in [3.05, 3.63) is 54.1 Å². The highest BCUT2D eigenvalue weighted by Gasteiger charge is 2.38. The maximum Gasteiger partial charge on any atom is 0.264 e. The van der Waals surface area contributed by atoms with Crippen LogP contribution in [0.2, 0.25) is 0 Å². The summed E-state index contributed by atoms with van der Waals surface area (Å²) in [5.41, 5.74) is 1.27. The van der Waals surface area contributed by atoms with Gasteiger partial charge in [-0.05, 0) is 48.1 Å². The Morgan fingerprint density at radius 2 is 1.74 bits per heavy atom. The van der Waals surface area contributed by atoms with Gasteiger partial charge in [-0.3, -0.25) is 9.10 Å². The molecule has 6 nitrogen and oxygen atoms in total. The minimum absolute atomic E-state index is 0.0556. The molecule has 0 unspecified atom stereocenters. The van der Waals surface area contributed by atoms with Gasteiger partial charge >= 0.3 is 0 Å². The van der Waals surface area contributed by atoms with Gasteiger partial charge in [-0.25, -0.2) is 8.42 Å². The number of rotatable bonds is 5. The number of amides is 1. The highest BCUT2D eigenvalue weighted by Crippen LogP contribution is 2.40. The van der Waals surface area contributed by atoms with E-state index in [4.69, 9.17) is 4.74 Å². The second kappa shape index (κ2) is 8.54. The molecule has 168 valence electrons. The SMILES string of the molecule is CC(C)[C@@H](C)NC(=O)[C@@H]1CN(S(=O)(=O)c2ccccc2)c2cc(C(C)(C)C)ccc2O1. The van der Waals surface area contributed by atoms with Crippen molar-refractivity contribution in [1.29, 1.82) is 0 Å². The number of nitrogens with zero attached hydrogens (tertiary/aromatic N) is 1. The maximum absolute atomic E-state index is 13.5. The molecule has 0 saturated heterocycles. The Balaban J connectivity index is 2.06. The lowest BCUT2D eigenvalue weighted by Crippen LogP contribution is -2.52. The van der Waals surface area contributed by atoms with Crippen molar-refractivity contribution in [3.63, 3.8) is 0 Å². The van der Waals surface area contributed by atoms with Gasteiger partial charge < -0.3 is 10.1 Å². The molecule has 7 heteroatoms. The molecule has 0 bridgehead atoms. The normalized spacial score (nSPS) is 17.6. The van der Waals surface area contributed by atoms with E-state index in [9.17, 15) is 13.2 Å². The first-order valence-electron chi connectivity index (χ1n) is 10.6. The van der Waals surface area contributed by atoms with E-state index in [1.54, 1.807) is 36.4 Å². The number of sulfonamides is 1. The number of nitrogens with one attached hydrogen (secondary N) is 1. The van der Waals surface area contributed by atoms with E-state index in [2.05, 4.69) is 26.1 Å². The molecule has 0 spiro atoms. The fraction of sp³-hybridized carbons (Fsp3) is 0.458. The van der Waals surface area contributed by atoms with Crippen LogP contribution in [0.3, 0.4) is 0 Å². The maximum atomic E-state index is 13.5. The molecule has 0 fully saturated rings. The van der Waals surface area contributed by atoms with Crippen LogP contribution in [0.25, 0.3) is 0 Å². The number of hydrogen-bond donors (Lipinski definition) is 1. The lowest BCUT2D eigenvalue weighted by atomic mass is 9.86. The van der Waals surface area contributed by atoms with Crippen LogP contribution in [-0.4, -0.2) is 33.0 Å². The van der Waals surface area contributed by atoms with Crippen LogP contribution in [0.5, 0.6) is 5.75 Å². The number of carbonyl (C=O) groups excluding carboxylic acids is 1. The number of carbonyl (C=O) groups is 1. The van der Waals surface area contributed by atoms with Crippen LogP contribution in [0.15, 0.2) is 53.4 Å². The largest absolute Gasteiger partial charge is 0.476 e. The summed E-state index contributed by atoms with van der Waals surface area (Å²) in [5.74, 6) is 0.314. The summed E-state index contributed by atoms with van der Waals surface area (Å²) in [6.45, 7) is 12.1. The average molecular weight is 445 g/mol. The van der Waals surface area contributed by atoms with Crippen LogP contribution in [0.4, 0.5) is 5.69 Å². The second-order valence-corrected chi connectivity index (χ2v) is 11.3. The van der Waals surface area contributed by atoms with Crippen molar-refractivity contribution < 1.29 is 17.9 Å². The van der Waals surface area contributed by atoms with Crippen molar-refractivity contribution in [2.75, 3.05) is 10.8 Å². The summed E-state index contributed by atoms with van der Waals surface area (Å²) in [4.78, 5) is 13.1. The van der Waals surface area contributed by atoms with Gasteiger partial charge in [0.1, 0.15) is 5.75 Å². The molecule has 1 N–H and O–H groups in total. The molecule has 0 radical (unpaired) electrons. The Kier molecular flexibility index (Phi) is 6.37. The Morgan fingerprint density at radius 3 is 2.32 bits per heavy atom. The van der Waals surface area contributed by atoms with Gasteiger partial charge in [0.2, 0.25) is 0 Å². The number of benzene rings is 2. The van der Waals surface area contributed by atoms with E-state index < -0.39 is 16.1 Å². The zero-order valence-corrected chi connectivity index (χ0v) is 19.9. The van der Waals surface area contributed by atoms with Gasteiger partial charge in [-0.2, -0.15) is 0 Å². The molecule has 3 rings (SSSR count). The number of fused-ring (bicyclic) bond motifs is 1. The Labute approximate surface area is 185 Å². The first-order chi connectivity index (χ1) is 14.4. The fourth-order valence-electron chi connectivity index (χ4n) is 3.29. The highest BCUT2D eigenvalue weighted by atomic mass is 32.2. The fourth-order valence-corrected chi connectivity index (χ4v) is 4.77. The Morgan fingerprint density at radius 1 is 1.10 bits per heavy atom. The zero-order chi connectivity index (χ0) is 23.0. The lowest BCUT2D eigenvalue weighted by molar-refractivity contribution is -0.128. The molecule has 0 saturated carbocycles. The van der Waals surface area contributed by atoms with Crippen LogP contribution in [0, 0.1) is 5.92 Å². The summed E-state index contributed by atoms with van der Waals surface area (Å²) < 4.78 is 34.4. The molecule has 1 aliphatic heterocycles. The lowest BCUT2D eigenvalue weighted by Gasteiger charge is -2.36. The minimum Gasteiger partial charge on any atom is -0.476 e. The number of hydrogen-bond acceptors (Lipinski definition) is 4. The molecule has 2 atom stereocenters. The first kappa shape index (κ1) is 23.1. The molecule has 0 aromatic heterocycles. The molecule has 2 aromatic carbocycles. The van der Waals surface area contributed by atoms with E-state index in [0.29, 0.717) is 11.4 Å². The van der Waals surface area contributed by atoms with E-state index in [1.165, 1.54) is 4.31 Å². The monoisotopic (exact) mass is 444 g/mol. The topological polar surface area (TPSA) is 75.7 Å². The quantitative estimate of drug-likeness (QED) is 0.753. The molecular weight excluding hydrogens is 412 g/mol. The van der Waals surface area contributed by atoms with Crippen molar-refractivity contribution >= 4 is 21.6 Å². The summed E-state index contributed by atoms with van der Waals surface area (Å²) in [6.07, 6.45) is -0.937. The molecule has 1 heterocycles. The van der Waals surface area contributed by atoms with Gasteiger partial charge in [0.25, 0.3) is 15.9 Å². The van der Waals surface area contributed by atoms with Crippen LogP contribution < -0.4 is 14.4 Å². The van der Waals surface area contributed by atoms with Crippen LogP contribution in [-0.2, 0) is 20.2 Å². The van der Waals surface area contributed by atoms with Crippen molar-refractivity contribution in [2.24, 2.45) is 5.92 Å². The number of anilines is 1. The van der Waals surface area contributed by atoms with Gasteiger partial charge in [0, 0.05) is 6.04 Å². The van der Waals surface area contributed by atoms with E-state index >= 15 is 0 Å². The van der Waals surface area contributed by atoms with Gasteiger partial charge in [0.05, 0.1) is 17.1 Å². The third-order valence-corrected chi connectivity index (χ3v) is 7.48. The third-order valence-electron chi connectivity index (χ3n) is 5.69. The van der Waals surface area contributed by atoms with Crippen molar-refractivity contribution in [2.45, 2.75) is 64.0 Å². The van der Waals surface area contributed by atoms with Crippen LogP contribution >= 0.6 is 0 Å². The molecule has 0 aliphatic carbocycles. The summed E-state index contributed by atoms with van der Waals surface area (Å²) in [6, 6.07) is 13.7. The second-order valence-electron chi connectivity index (χ2n) is 9.43. The van der Waals surface area contributed by atoms with E-state index in [-0.39, 0.29) is 34.7 Å². The number of ether oxygens (including phenoxy) is 1. The molecule has 31 heavy (non-hydrogen) atoms. The molecule has 2 aromatic rings. The minimum atomic E-state index is -3.88. The third kappa shape index (κ3) is 4.87. The Hall–Kier alpha value is -2.54. The van der Waals surface area contributed by atoms with Crippen molar-refractivity contribution in [1.82, 2.24) is 5.32 Å². The molecule has 1 aliphatic rings. The van der Waals surface area contributed by atoms with E-state index in [0.717, 1.165) is 5.56 Å². The van der Waals surface area contributed by atoms with Gasteiger partial charge in [0.15, 0.2) is 6.10 Å². The first-order valence-corrected chi connectivity index (χ1v) is 12.0. The summed E-state index contributed by atoms with van der Waals surface area (Å²) in [7, 11) is -3.88. The predicted molar refractivity (Wildman–Crippen MR) is 123 cm³/mol. The molecular formula is C24H32N2O4S. The average Bonchev–Trinajstić information content (AvgIpc) is 2.72. The smallest absolute Gasteiger partial charge is 0.264 e. The van der Waals surface area contributed by atoms with Gasteiger partial charge in [-0.1, -0.05) is 58.9 Å². The van der Waals surface area contributed by atoms with Crippen molar-refractivity contribution in [3.8, 4) is 5.75 Å². The standard InChI is InChI=1S/C24H32N2O4S/c1-16(2)17(3)25-23(27)22-15-26(31(28,29)19-10-8-7-9-11-19)20-14-18(24(4,5)6)12-13-21(20)30-22/h7-14,16-17,22H,15H2,1-6H3,(H,25,27)/t17-,22+/m1/s1. The molecule has 1 amide bonds. The highest BCUT2D eigenvalue weighted by molar-refractivity contribution is 7.92. The predicted octanol–water partition coefficient (Wildman–Crippen LogP) is 4.10. The van der Waals surface area contributed by atoms with Gasteiger partial charge in [-0.15, -0.1) is 0 Å². The zero-order valence-electron chi connectivity index (χ0n) is 19.0. The van der Waals surface area contributed by atoms with Crippen LogP contribution in [0.1, 0.15) is 47.1 Å². The van der Waals surface area contributed by atoms with E-state index in [1.807, 2.05) is 32.9 Å².